The summed E-state index contributed by atoms with van der Waals surface area (Å²) < 4.78 is 2.30. The molecular weight excluding hydrogens is 308 g/mol. The minimum atomic E-state index is -0.134. The summed E-state index contributed by atoms with van der Waals surface area (Å²) in [6.07, 6.45) is 5.08. The lowest BCUT2D eigenvalue weighted by Gasteiger charge is -2.10. The highest BCUT2D eigenvalue weighted by atomic mass is 79.9. The van der Waals surface area contributed by atoms with E-state index < -0.39 is 0 Å². The number of halogens is 1. The fraction of sp³-hybridized carbons (Fsp3) is 0.308. The Labute approximate surface area is 119 Å². The highest BCUT2D eigenvalue weighted by molar-refractivity contribution is 9.10. The van der Waals surface area contributed by atoms with E-state index in [2.05, 4.69) is 31.3 Å². The van der Waals surface area contributed by atoms with Gasteiger partial charge in [0.15, 0.2) is 0 Å². The Bertz CT molecular complexity index is 624. The van der Waals surface area contributed by atoms with E-state index in [0.29, 0.717) is 6.54 Å². The number of aromatic nitrogens is 3. The molecule has 0 spiro atoms. The average molecular weight is 323 g/mol. The number of nitrogens with zero attached hydrogens (tertiary/aromatic N) is 3. The second kappa shape index (κ2) is 5.97. The van der Waals surface area contributed by atoms with Crippen molar-refractivity contribution in [2.24, 2.45) is 0 Å². The summed E-state index contributed by atoms with van der Waals surface area (Å²) in [6, 6.07) is 3.74. The van der Waals surface area contributed by atoms with Crippen LogP contribution in [-0.2, 0) is 6.54 Å². The van der Waals surface area contributed by atoms with Gasteiger partial charge in [-0.3, -0.25) is 9.78 Å². The Balaban J connectivity index is 2.20. The third kappa shape index (κ3) is 3.89. The first-order chi connectivity index (χ1) is 9.04. The van der Waals surface area contributed by atoms with Crippen molar-refractivity contribution in [3.8, 4) is 0 Å². The normalized spacial score (nSPS) is 10.7. The molecule has 0 fully saturated rings. The van der Waals surface area contributed by atoms with Crippen molar-refractivity contribution in [3.63, 3.8) is 0 Å². The van der Waals surface area contributed by atoms with Gasteiger partial charge >= 0.3 is 0 Å². The molecule has 0 bridgehead atoms. The van der Waals surface area contributed by atoms with Gasteiger partial charge in [0.05, 0.1) is 18.4 Å². The van der Waals surface area contributed by atoms with Crippen molar-refractivity contribution in [1.29, 1.82) is 0 Å². The Morgan fingerprint density at radius 3 is 2.74 bits per heavy atom. The minimum absolute atomic E-state index is 0.134. The fourth-order valence-corrected chi connectivity index (χ4v) is 2.09. The molecule has 1 N–H and O–H groups in total. The number of hydrogen-bond donors (Lipinski definition) is 1. The van der Waals surface area contributed by atoms with E-state index in [-0.39, 0.29) is 11.6 Å². The van der Waals surface area contributed by atoms with Crippen LogP contribution in [0.4, 0.5) is 5.69 Å². The molecule has 2 rings (SSSR count). The molecule has 0 saturated heterocycles. The van der Waals surface area contributed by atoms with Crippen molar-refractivity contribution >= 4 is 21.6 Å². The lowest BCUT2D eigenvalue weighted by Crippen LogP contribution is -2.24. The molecule has 0 radical (unpaired) electrons. The van der Waals surface area contributed by atoms with Gasteiger partial charge in [-0.25, -0.2) is 4.68 Å². The van der Waals surface area contributed by atoms with Gasteiger partial charge in [0.1, 0.15) is 0 Å². The molecule has 0 unspecified atom stereocenters. The van der Waals surface area contributed by atoms with Gasteiger partial charge in [0.2, 0.25) is 0 Å². The van der Waals surface area contributed by atoms with Gasteiger partial charge < -0.3 is 5.32 Å². The van der Waals surface area contributed by atoms with E-state index >= 15 is 0 Å². The zero-order valence-electron chi connectivity index (χ0n) is 10.8. The molecule has 0 aliphatic rings. The van der Waals surface area contributed by atoms with Crippen LogP contribution in [0.1, 0.15) is 19.4 Å². The van der Waals surface area contributed by atoms with Crippen molar-refractivity contribution in [1.82, 2.24) is 14.8 Å². The third-order valence-electron chi connectivity index (χ3n) is 2.42. The lowest BCUT2D eigenvalue weighted by molar-refractivity contribution is 0.637. The van der Waals surface area contributed by atoms with Crippen LogP contribution in [0.5, 0.6) is 0 Å². The van der Waals surface area contributed by atoms with Gasteiger partial charge in [-0.2, -0.15) is 5.10 Å². The lowest BCUT2D eigenvalue weighted by atomic mass is 10.3. The molecule has 2 aromatic rings. The number of nitrogens with one attached hydrogen (secondary N) is 1. The van der Waals surface area contributed by atoms with E-state index in [1.807, 2.05) is 19.9 Å². The van der Waals surface area contributed by atoms with Gasteiger partial charge in [-0.05, 0) is 41.4 Å². The quantitative estimate of drug-likeness (QED) is 0.938. The summed E-state index contributed by atoms with van der Waals surface area (Å²) in [5, 5.41) is 7.30. The second-order valence-corrected chi connectivity index (χ2v) is 5.47. The summed E-state index contributed by atoms with van der Waals surface area (Å²) >= 11 is 3.35. The molecule has 2 aromatic heterocycles. The first-order valence-corrected chi connectivity index (χ1v) is 6.77. The first kappa shape index (κ1) is 13.7. The minimum Gasteiger partial charge on any atom is -0.381 e. The Kier molecular flexibility index (Phi) is 4.31. The van der Waals surface area contributed by atoms with Crippen LogP contribution in [0.3, 0.4) is 0 Å². The predicted molar refractivity (Wildman–Crippen MR) is 78.3 cm³/mol. The largest absolute Gasteiger partial charge is 0.381 e. The van der Waals surface area contributed by atoms with Crippen molar-refractivity contribution in [3.05, 3.63) is 51.1 Å². The fourth-order valence-electron chi connectivity index (χ4n) is 1.68. The van der Waals surface area contributed by atoms with Crippen molar-refractivity contribution in [2.45, 2.75) is 26.4 Å². The summed E-state index contributed by atoms with van der Waals surface area (Å²) in [4.78, 5) is 16.0. The average Bonchev–Trinajstić information content (AvgIpc) is 2.32. The zero-order valence-corrected chi connectivity index (χ0v) is 12.4. The maximum Gasteiger partial charge on any atom is 0.269 e. The van der Waals surface area contributed by atoms with Gasteiger partial charge in [-0.1, -0.05) is 0 Å². The molecule has 0 saturated carbocycles. The van der Waals surface area contributed by atoms with Crippen LogP contribution >= 0.6 is 15.9 Å². The maximum atomic E-state index is 11.9. The molecule has 5 nitrogen and oxygen atoms in total. The molecule has 0 amide bonds. The Morgan fingerprint density at radius 1 is 1.32 bits per heavy atom. The molecule has 0 atom stereocenters. The van der Waals surface area contributed by atoms with Crippen molar-refractivity contribution in [2.75, 3.05) is 5.32 Å². The topological polar surface area (TPSA) is 59.8 Å². The van der Waals surface area contributed by atoms with Crippen LogP contribution in [0.25, 0.3) is 0 Å². The summed E-state index contributed by atoms with van der Waals surface area (Å²) in [5.41, 5.74) is 1.53. The van der Waals surface area contributed by atoms with Crippen LogP contribution in [0.2, 0.25) is 0 Å². The van der Waals surface area contributed by atoms with Crippen molar-refractivity contribution < 1.29 is 0 Å². The number of hydrogen-bond acceptors (Lipinski definition) is 4. The molecule has 19 heavy (non-hydrogen) atoms. The molecule has 100 valence electrons. The summed E-state index contributed by atoms with van der Waals surface area (Å²) in [5.74, 6) is 0. The van der Waals surface area contributed by atoms with Crippen LogP contribution < -0.4 is 10.9 Å². The van der Waals surface area contributed by atoms with Gasteiger partial charge in [-0.15, -0.1) is 0 Å². The van der Waals surface area contributed by atoms with E-state index in [9.17, 15) is 4.79 Å². The van der Waals surface area contributed by atoms with Crippen LogP contribution in [-0.4, -0.2) is 20.8 Å². The molecule has 0 aliphatic carbocycles. The van der Waals surface area contributed by atoms with E-state index in [1.54, 1.807) is 24.7 Å². The number of pyridine rings is 1. The Hall–Kier alpha value is -1.69. The van der Waals surface area contributed by atoms with Gasteiger partial charge in [0.25, 0.3) is 5.56 Å². The maximum absolute atomic E-state index is 11.9. The number of anilines is 1. The monoisotopic (exact) mass is 322 g/mol. The standard InChI is InChI=1S/C13H15BrN4O/c1-9(2)17-12-4-13(19)18(16-7-12)8-10-3-11(14)6-15-5-10/h3-7,9,17H,8H2,1-2H3. The molecular formula is C13H15BrN4O. The number of rotatable bonds is 4. The summed E-state index contributed by atoms with van der Waals surface area (Å²) in [6.45, 7) is 4.44. The molecule has 2 heterocycles. The second-order valence-electron chi connectivity index (χ2n) is 4.55. The third-order valence-corrected chi connectivity index (χ3v) is 2.85. The molecule has 0 aliphatic heterocycles. The summed E-state index contributed by atoms with van der Waals surface area (Å²) in [7, 11) is 0. The van der Waals surface area contributed by atoms with E-state index in [1.165, 1.54) is 4.68 Å². The first-order valence-electron chi connectivity index (χ1n) is 5.98. The highest BCUT2D eigenvalue weighted by Gasteiger charge is 2.03. The Morgan fingerprint density at radius 2 is 2.11 bits per heavy atom. The molecule has 6 heteroatoms. The highest BCUT2D eigenvalue weighted by Crippen LogP contribution is 2.10. The SMILES string of the molecule is CC(C)Nc1cnn(Cc2cncc(Br)c2)c(=O)c1. The predicted octanol–water partition coefficient (Wildman–Crippen LogP) is 2.27. The molecule has 0 aromatic carbocycles. The van der Waals surface area contributed by atoms with E-state index in [4.69, 9.17) is 0 Å². The van der Waals surface area contributed by atoms with Crippen LogP contribution in [0.15, 0.2) is 40.0 Å². The zero-order chi connectivity index (χ0) is 13.8. The van der Waals surface area contributed by atoms with E-state index in [0.717, 1.165) is 15.7 Å². The smallest absolute Gasteiger partial charge is 0.269 e. The van der Waals surface area contributed by atoms with Gasteiger partial charge in [0, 0.05) is 29.0 Å². The van der Waals surface area contributed by atoms with Crippen LogP contribution in [0, 0.1) is 0 Å².